The summed E-state index contributed by atoms with van der Waals surface area (Å²) in [4.78, 5) is 17.2. The van der Waals surface area contributed by atoms with Crippen LogP contribution in [0.4, 0.5) is 5.95 Å². The highest BCUT2D eigenvalue weighted by atomic mass is 16.5. The van der Waals surface area contributed by atoms with Crippen LogP contribution in [-0.4, -0.2) is 30.5 Å². The van der Waals surface area contributed by atoms with Gasteiger partial charge in [-0.05, 0) is 19.4 Å². The third-order valence-electron chi connectivity index (χ3n) is 4.79. The number of carbonyl (C=O) groups excluding carboxylic acids is 1. The van der Waals surface area contributed by atoms with Gasteiger partial charge in [-0.25, -0.2) is 9.48 Å². The number of hydrogen-bond acceptors (Lipinski definition) is 6. The average molecular weight is 364 g/mol. The number of aryl methyl sites for hydroxylation is 1. The van der Waals surface area contributed by atoms with Crippen LogP contribution >= 0.6 is 0 Å². The number of hydrogen-bond donors (Lipinski definition) is 1. The van der Waals surface area contributed by atoms with Crippen LogP contribution < -0.4 is 5.32 Å². The van der Waals surface area contributed by atoms with Crippen LogP contribution in [0.5, 0.6) is 0 Å². The lowest BCUT2D eigenvalue weighted by atomic mass is 9.96. The van der Waals surface area contributed by atoms with Crippen LogP contribution in [0.25, 0.3) is 0 Å². The average Bonchev–Trinajstić information content (AvgIpc) is 3.26. The largest absolute Gasteiger partial charge is 0.457 e. The molecule has 0 bridgehead atoms. The fourth-order valence-electron chi connectivity index (χ4n) is 3.23. The Morgan fingerprint density at radius 2 is 2.00 bits per heavy atom. The van der Waals surface area contributed by atoms with E-state index in [-0.39, 0.29) is 6.61 Å². The Bertz CT molecular complexity index is 1020. The van der Waals surface area contributed by atoms with Gasteiger partial charge < -0.3 is 10.1 Å². The molecular weight excluding hydrogens is 344 g/mol. The van der Waals surface area contributed by atoms with Gasteiger partial charge in [0.1, 0.15) is 19.0 Å². The van der Waals surface area contributed by atoms with Crippen LogP contribution in [0, 0.1) is 6.92 Å². The molecule has 27 heavy (non-hydrogen) atoms. The molecule has 8 nitrogen and oxygen atoms in total. The number of allylic oxidation sites excluding steroid dienone is 1. The lowest BCUT2D eigenvalue weighted by molar-refractivity contribution is -0.140. The molecule has 3 heterocycles. The second-order valence-corrected chi connectivity index (χ2v) is 6.47. The molecule has 0 saturated carbocycles. The number of carbonyl (C=O) groups is 1. The number of anilines is 1. The Morgan fingerprint density at radius 3 is 2.70 bits per heavy atom. The Morgan fingerprint density at radius 1 is 1.22 bits per heavy atom. The van der Waals surface area contributed by atoms with Crippen molar-refractivity contribution in [2.24, 2.45) is 7.05 Å². The number of nitrogens with zero attached hydrogens (tertiary/aromatic N) is 5. The number of benzene rings is 1. The molecular formula is C19H20N6O2. The summed E-state index contributed by atoms with van der Waals surface area (Å²) in [5.41, 5.74) is 3.96. The predicted molar refractivity (Wildman–Crippen MR) is 98.7 cm³/mol. The molecule has 1 aliphatic rings. The minimum Gasteiger partial charge on any atom is -0.457 e. The van der Waals surface area contributed by atoms with E-state index in [2.05, 4.69) is 20.5 Å². The van der Waals surface area contributed by atoms with E-state index in [1.807, 2.05) is 51.2 Å². The van der Waals surface area contributed by atoms with E-state index in [1.165, 1.54) is 6.33 Å². The normalized spacial score (nSPS) is 16.0. The molecule has 1 aliphatic heterocycles. The molecule has 1 N–H and O–H groups in total. The molecule has 1 aromatic carbocycles. The van der Waals surface area contributed by atoms with E-state index in [1.54, 1.807) is 15.6 Å². The van der Waals surface area contributed by atoms with E-state index >= 15 is 0 Å². The standard InChI is InChI=1S/C19H20N6O2/c1-12-16(18(26)27-10-14-7-5-4-6-8-14)17(15-9-21-24(3)13(15)2)25-19(23-12)20-11-22-25/h4-9,11,17H,10H2,1-3H3,(H,20,22,23)/t17-/m0/s1. The number of nitrogens with one attached hydrogen (secondary N) is 1. The number of ether oxygens (including phenoxy) is 1. The van der Waals surface area contributed by atoms with Crippen LogP contribution in [0.3, 0.4) is 0 Å². The second-order valence-electron chi connectivity index (χ2n) is 6.47. The monoisotopic (exact) mass is 364 g/mol. The van der Waals surface area contributed by atoms with Gasteiger partial charge >= 0.3 is 5.97 Å². The molecule has 0 fully saturated rings. The van der Waals surface area contributed by atoms with Crippen molar-refractivity contribution >= 4 is 11.9 Å². The molecule has 2 aromatic heterocycles. The van der Waals surface area contributed by atoms with E-state index in [9.17, 15) is 4.79 Å². The van der Waals surface area contributed by atoms with Gasteiger partial charge in [-0.2, -0.15) is 15.2 Å². The summed E-state index contributed by atoms with van der Waals surface area (Å²) < 4.78 is 9.07. The Labute approximate surface area is 156 Å². The molecule has 4 rings (SSSR count). The number of rotatable bonds is 4. The van der Waals surface area contributed by atoms with Crippen LogP contribution in [0.15, 0.2) is 54.1 Å². The molecule has 3 aromatic rings. The first-order chi connectivity index (χ1) is 13.1. The van der Waals surface area contributed by atoms with Crippen molar-refractivity contribution in [1.29, 1.82) is 0 Å². The SMILES string of the molecule is CC1=C(C(=O)OCc2ccccc2)[C@H](c2cnn(C)c2C)n2ncnc2N1. The molecule has 0 amide bonds. The zero-order valence-electron chi connectivity index (χ0n) is 15.4. The zero-order valence-corrected chi connectivity index (χ0v) is 15.4. The van der Waals surface area contributed by atoms with Crippen molar-refractivity contribution < 1.29 is 9.53 Å². The number of esters is 1. The summed E-state index contributed by atoms with van der Waals surface area (Å²) in [6, 6.07) is 9.16. The molecule has 0 saturated heterocycles. The van der Waals surface area contributed by atoms with E-state index < -0.39 is 12.0 Å². The molecule has 8 heteroatoms. The van der Waals surface area contributed by atoms with Gasteiger partial charge in [0.2, 0.25) is 5.95 Å². The number of aromatic nitrogens is 5. The predicted octanol–water partition coefficient (Wildman–Crippen LogP) is 2.35. The summed E-state index contributed by atoms with van der Waals surface area (Å²) in [6.45, 7) is 4.01. The van der Waals surface area contributed by atoms with Crippen molar-refractivity contribution in [2.75, 3.05) is 5.32 Å². The summed E-state index contributed by atoms with van der Waals surface area (Å²) in [5.74, 6) is 0.193. The second kappa shape index (κ2) is 6.71. The van der Waals surface area contributed by atoms with Gasteiger partial charge in [0, 0.05) is 24.0 Å². The summed E-state index contributed by atoms with van der Waals surface area (Å²) in [5, 5.41) is 11.8. The van der Waals surface area contributed by atoms with Crippen molar-refractivity contribution in [3.63, 3.8) is 0 Å². The van der Waals surface area contributed by atoms with Crippen LogP contribution in [-0.2, 0) is 23.2 Å². The third-order valence-corrected chi connectivity index (χ3v) is 4.79. The summed E-state index contributed by atoms with van der Waals surface area (Å²) >= 11 is 0. The van der Waals surface area contributed by atoms with Gasteiger partial charge in [-0.1, -0.05) is 30.3 Å². The fraction of sp³-hybridized carbons (Fsp3) is 0.263. The quantitative estimate of drug-likeness (QED) is 0.715. The van der Waals surface area contributed by atoms with Gasteiger partial charge in [0.15, 0.2) is 0 Å². The molecule has 138 valence electrons. The number of fused-ring (bicyclic) bond motifs is 1. The van der Waals surface area contributed by atoms with Gasteiger partial charge in [-0.3, -0.25) is 4.68 Å². The summed E-state index contributed by atoms with van der Waals surface area (Å²) in [7, 11) is 1.87. The van der Waals surface area contributed by atoms with Crippen LogP contribution in [0.1, 0.15) is 29.8 Å². The molecule has 0 aliphatic carbocycles. The lowest BCUT2D eigenvalue weighted by Crippen LogP contribution is -2.30. The van der Waals surface area contributed by atoms with Crippen molar-refractivity contribution in [3.8, 4) is 0 Å². The fourth-order valence-corrected chi connectivity index (χ4v) is 3.23. The molecule has 0 unspecified atom stereocenters. The molecule has 0 spiro atoms. The van der Waals surface area contributed by atoms with Crippen LogP contribution in [0.2, 0.25) is 0 Å². The lowest BCUT2D eigenvalue weighted by Gasteiger charge is -2.27. The topological polar surface area (TPSA) is 86.9 Å². The minimum atomic E-state index is -0.444. The van der Waals surface area contributed by atoms with Crippen molar-refractivity contribution in [3.05, 3.63) is 70.9 Å². The van der Waals surface area contributed by atoms with Crippen molar-refractivity contribution in [2.45, 2.75) is 26.5 Å². The zero-order chi connectivity index (χ0) is 19.0. The van der Waals surface area contributed by atoms with Crippen molar-refractivity contribution in [1.82, 2.24) is 24.5 Å². The van der Waals surface area contributed by atoms with Gasteiger partial charge in [0.25, 0.3) is 0 Å². The van der Waals surface area contributed by atoms with E-state index in [0.29, 0.717) is 17.2 Å². The first-order valence-electron chi connectivity index (χ1n) is 8.63. The minimum absolute atomic E-state index is 0.208. The van der Waals surface area contributed by atoms with Gasteiger partial charge in [0.05, 0.1) is 11.8 Å². The third kappa shape index (κ3) is 2.99. The highest BCUT2D eigenvalue weighted by molar-refractivity contribution is 5.92. The maximum atomic E-state index is 13.0. The first kappa shape index (κ1) is 17.0. The smallest absolute Gasteiger partial charge is 0.338 e. The molecule has 1 atom stereocenters. The highest BCUT2D eigenvalue weighted by Crippen LogP contribution is 2.36. The Balaban J connectivity index is 1.70. The first-order valence-corrected chi connectivity index (χ1v) is 8.63. The maximum absolute atomic E-state index is 13.0. The molecule has 0 radical (unpaired) electrons. The Kier molecular flexibility index (Phi) is 4.23. The maximum Gasteiger partial charge on any atom is 0.338 e. The van der Waals surface area contributed by atoms with Gasteiger partial charge in [-0.15, -0.1) is 0 Å². The van der Waals surface area contributed by atoms with E-state index in [4.69, 9.17) is 4.74 Å². The summed E-state index contributed by atoms with van der Waals surface area (Å²) in [6.07, 6.45) is 3.22. The highest BCUT2D eigenvalue weighted by Gasteiger charge is 2.36. The van der Waals surface area contributed by atoms with E-state index in [0.717, 1.165) is 16.8 Å². The Hall–Kier alpha value is -3.42.